The lowest BCUT2D eigenvalue weighted by Crippen LogP contribution is -2.23. The van der Waals surface area contributed by atoms with Gasteiger partial charge < -0.3 is 10.6 Å². The zero-order valence-electron chi connectivity index (χ0n) is 12.3. The highest BCUT2D eigenvalue weighted by atomic mass is 35.5. The third-order valence-corrected chi connectivity index (χ3v) is 3.63. The van der Waals surface area contributed by atoms with Gasteiger partial charge in [0.05, 0.1) is 12.2 Å². The fourth-order valence-electron chi connectivity index (χ4n) is 2.41. The molecule has 118 valence electrons. The lowest BCUT2D eigenvalue weighted by molar-refractivity contribution is 0.0950. The first-order valence-corrected chi connectivity index (χ1v) is 6.75. The van der Waals surface area contributed by atoms with Gasteiger partial charge in [-0.2, -0.15) is 0 Å². The van der Waals surface area contributed by atoms with E-state index in [1.54, 1.807) is 6.20 Å². The maximum Gasteiger partial charge on any atom is 0.251 e. The Labute approximate surface area is 142 Å². The van der Waals surface area contributed by atoms with Gasteiger partial charge in [-0.3, -0.25) is 9.78 Å². The second-order valence-electron chi connectivity index (χ2n) is 5.04. The SMILES string of the molecule is Cc1cccnc1CNC(=O)c1ccc2c(c1)CNC2.Cl.Cl. The number of fused-ring (bicyclic) bond motifs is 1. The van der Waals surface area contributed by atoms with Crippen molar-refractivity contribution in [1.82, 2.24) is 15.6 Å². The Balaban J connectivity index is 0.00000121. The lowest BCUT2D eigenvalue weighted by Gasteiger charge is -2.08. The van der Waals surface area contributed by atoms with Gasteiger partial charge in [-0.15, -0.1) is 24.8 Å². The fraction of sp³-hybridized carbons (Fsp3) is 0.250. The number of benzene rings is 1. The Hall–Kier alpha value is -1.62. The maximum absolute atomic E-state index is 12.2. The molecule has 0 saturated carbocycles. The molecule has 4 nitrogen and oxygen atoms in total. The molecule has 1 aliphatic rings. The summed E-state index contributed by atoms with van der Waals surface area (Å²) in [6.07, 6.45) is 1.75. The number of aryl methyl sites for hydroxylation is 1. The van der Waals surface area contributed by atoms with Crippen molar-refractivity contribution in [3.8, 4) is 0 Å². The van der Waals surface area contributed by atoms with Crippen LogP contribution in [0.15, 0.2) is 36.5 Å². The predicted molar refractivity (Wildman–Crippen MR) is 91.6 cm³/mol. The summed E-state index contributed by atoms with van der Waals surface area (Å²) in [6.45, 7) is 4.19. The van der Waals surface area contributed by atoms with Crippen LogP contribution in [0.4, 0.5) is 0 Å². The monoisotopic (exact) mass is 339 g/mol. The number of aromatic nitrogens is 1. The van der Waals surface area contributed by atoms with Crippen LogP contribution in [0.25, 0.3) is 0 Å². The van der Waals surface area contributed by atoms with Crippen molar-refractivity contribution >= 4 is 30.7 Å². The van der Waals surface area contributed by atoms with E-state index < -0.39 is 0 Å². The summed E-state index contributed by atoms with van der Waals surface area (Å²) in [4.78, 5) is 16.4. The molecular formula is C16H19Cl2N3O. The molecule has 6 heteroatoms. The molecule has 0 saturated heterocycles. The molecule has 0 fully saturated rings. The Morgan fingerprint density at radius 2 is 2.00 bits per heavy atom. The fourth-order valence-corrected chi connectivity index (χ4v) is 2.41. The number of rotatable bonds is 3. The van der Waals surface area contributed by atoms with E-state index in [9.17, 15) is 4.79 Å². The van der Waals surface area contributed by atoms with Crippen molar-refractivity contribution in [1.29, 1.82) is 0 Å². The molecule has 1 aliphatic heterocycles. The quantitative estimate of drug-likeness (QED) is 0.903. The minimum Gasteiger partial charge on any atom is -0.346 e. The van der Waals surface area contributed by atoms with Crippen molar-refractivity contribution in [3.63, 3.8) is 0 Å². The second-order valence-corrected chi connectivity index (χ2v) is 5.04. The van der Waals surface area contributed by atoms with Crippen LogP contribution in [0.1, 0.15) is 32.7 Å². The number of hydrogen-bond donors (Lipinski definition) is 2. The Bertz CT molecular complexity index is 662. The highest BCUT2D eigenvalue weighted by Crippen LogP contribution is 2.17. The normalized spacial score (nSPS) is 11.9. The van der Waals surface area contributed by atoms with E-state index in [-0.39, 0.29) is 30.7 Å². The van der Waals surface area contributed by atoms with Crippen LogP contribution in [-0.2, 0) is 19.6 Å². The molecule has 0 spiro atoms. The molecule has 0 radical (unpaired) electrons. The van der Waals surface area contributed by atoms with Crippen molar-refractivity contribution in [2.45, 2.75) is 26.6 Å². The Morgan fingerprint density at radius 1 is 1.23 bits per heavy atom. The van der Waals surface area contributed by atoms with Gasteiger partial charge in [-0.1, -0.05) is 12.1 Å². The van der Waals surface area contributed by atoms with E-state index in [0.717, 1.165) is 24.3 Å². The average Bonchev–Trinajstić information content (AvgIpc) is 2.93. The zero-order valence-corrected chi connectivity index (χ0v) is 13.9. The van der Waals surface area contributed by atoms with Gasteiger partial charge in [0.2, 0.25) is 0 Å². The van der Waals surface area contributed by atoms with E-state index in [1.807, 2.05) is 37.3 Å². The zero-order chi connectivity index (χ0) is 13.9. The first-order valence-electron chi connectivity index (χ1n) is 6.75. The van der Waals surface area contributed by atoms with E-state index in [0.29, 0.717) is 12.1 Å². The first-order chi connectivity index (χ1) is 9.74. The van der Waals surface area contributed by atoms with Gasteiger partial charge in [-0.25, -0.2) is 0 Å². The number of nitrogens with zero attached hydrogens (tertiary/aromatic N) is 1. The van der Waals surface area contributed by atoms with Gasteiger partial charge in [0.1, 0.15) is 0 Å². The smallest absolute Gasteiger partial charge is 0.251 e. The molecule has 0 bridgehead atoms. The van der Waals surface area contributed by atoms with E-state index >= 15 is 0 Å². The van der Waals surface area contributed by atoms with Gasteiger partial charge >= 0.3 is 0 Å². The molecule has 3 rings (SSSR count). The van der Waals surface area contributed by atoms with Gasteiger partial charge in [0, 0.05) is 24.8 Å². The molecule has 22 heavy (non-hydrogen) atoms. The summed E-state index contributed by atoms with van der Waals surface area (Å²) in [5, 5.41) is 6.20. The molecule has 2 aromatic rings. The molecule has 2 N–H and O–H groups in total. The molecule has 2 heterocycles. The maximum atomic E-state index is 12.2. The number of halogens is 2. The van der Waals surface area contributed by atoms with Crippen LogP contribution in [0.2, 0.25) is 0 Å². The minimum absolute atomic E-state index is 0. The molecule has 0 unspecified atom stereocenters. The standard InChI is InChI=1S/C16H17N3O.2ClH/c1-11-3-2-6-18-15(11)10-19-16(20)12-4-5-13-8-17-9-14(13)7-12;;/h2-7,17H,8-10H2,1H3,(H,19,20);2*1H. The van der Waals surface area contributed by atoms with Crippen LogP contribution in [0.3, 0.4) is 0 Å². The van der Waals surface area contributed by atoms with Crippen molar-refractivity contribution in [2.75, 3.05) is 0 Å². The number of carbonyl (C=O) groups excluding carboxylic acids is 1. The minimum atomic E-state index is -0.0512. The van der Waals surface area contributed by atoms with E-state index in [1.165, 1.54) is 11.1 Å². The topological polar surface area (TPSA) is 54.0 Å². The number of nitrogens with one attached hydrogen (secondary N) is 2. The third kappa shape index (κ3) is 3.97. The number of carbonyl (C=O) groups is 1. The summed E-state index contributed by atoms with van der Waals surface area (Å²) in [6, 6.07) is 9.77. The van der Waals surface area contributed by atoms with Gasteiger partial charge in [0.25, 0.3) is 5.91 Å². The largest absolute Gasteiger partial charge is 0.346 e. The van der Waals surface area contributed by atoms with E-state index in [2.05, 4.69) is 15.6 Å². The average molecular weight is 340 g/mol. The third-order valence-electron chi connectivity index (χ3n) is 3.63. The summed E-state index contributed by atoms with van der Waals surface area (Å²) < 4.78 is 0. The number of amides is 1. The van der Waals surface area contributed by atoms with Crippen LogP contribution >= 0.6 is 24.8 Å². The molecule has 1 amide bonds. The molecule has 0 atom stereocenters. The highest BCUT2D eigenvalue weighted by Gasteiger charge is 2.13. The van der Waals surface area contributed by atoms with Crippen LogP contribution in [0.5, 0.6) is 0 Å². The van der Waals surface area contributed by atoms with Crippen molar-refractivity contribution in [3.05, 3.63) is 64.5 Å². The van der Waals surface area contributed by atoms with Crippen LogP contribution < -0.4 is 10.6 Å². The summed E-state index contributed by atoms with van der Waals surface area (Å²) >= 11 is 0. The van der Waals surface area contributed by atoms with Crippen LogP contribution in [0, 0.1) is 6.92 Å². The predicted octanol–water partition coefficient (Wildman–Crippen LogP) is 2.77. The highest BCUT2D eigenvalue weighted by molar-refractivity contribution is 5.94. The van der Waals surface area contributed by atoms with Crippen molar-refractivity contribution in [2.24, 2.45) is 0 Å². The summed E-state index contributed by atoms with van der Waals surface area (Å²) in [5.74, 6) is -0.0512. The molecule has 0 aliphatic carbocycles. The second kappa shape index (κ2) is 8.13. The summed E-state index contributed by atoms with van der Waals surface area (Å²) in [5.41, 5.74) is 5.20. The molecular weight excluding hydrogens is 321 g/mol. The molecule has 1 aromatic carbocycles. The molecule has 1 aromatic heterocycles. The van der Waals surface area contributed by atoms with Gasteiger partial charge in [0.15, 0.2) is 0 Å². The lowest BCUT2D eigenvalue weighted by atomic mass is 10.1. The van der Waals surface area contributed by atoms with Crippen molar-refractivity contribution < 1.29 is 4.79 Å². The number of pyridine rings is 1. The summed E-state index contributed by atoms with van der Waals surface area (Å²) in [7, 11) is 0. The first kappa shape index (κ1) is 18.4. The van der Waals surface area contributed by atoms with Gasteiger partial charge in [-0.05, 0) is 41.8 Å². The Morgan fingerprint density at radius 3 is 2.77 bits per heavy atom. The van der Waals surface area contributed by atoms with E-state index in [4.69, 9.17) is 0 Å². The van der Waals surface area contributed by atoms with Crippen LogP contribution in [-0.4, -0.2) is 10.9 Å². The Kier molecular flexibility index (Phi) is 6.81. The number of hydrogen-bond acceptors (Lipinski definition) is 3.